The third kappa shape index (κ3) is 4.93. The van der Waals surface area contributed by atoms with Crippen molar-refractivity contribution in [2.75, 3.05) is 38.2 Å². The number of hydrogen-bond donors (Lipinski definition) is 1. The van der Waals surface area contributed by atoms with Crippen molar-refractivity contribution in [3.05, 3.63) is 111 Å². The first-order valence-corrected chi connectivity index (χ1v) is 13.3. The van der Waals surface area contributed by atoms with E-state index in [1.807, 2.05) is 49.4 Å². The van der Waals surface area contributed by atoms with E-state index in [1.54, 1.807) is 23.9 Å². The molecule has 0 saturated carbocycles. The number of halogens is 1. The van der Waals surface area contributed by atoms with Crippen LogP contribution in [0.5, 0.6) is 5.75 Å². The molecule has 6 rings (SSSR count). The fourth-order valence-corrected chi connectivity index (χ4v) is 5.50. The highest BCUT2D eigenvalue weighted by Crippen LogP contribution is 2.32. The molecule has 40 heavy (non-hydrogen) atoms. The molecule has 0 radical (unpaired) electrons. The summed E-state index contributed by atoms with van der Waals surface area (Å²) in [6.07, 6.45) is 0. The van der Waals surface area contributed by atoms with Crippen molar-refractivity contribution in [2.45, 2.75) is 19.5 Å². The summed E-state index contributed by atoms with van der Waals surface area (Å²) in [4.78, 5) is 21.3. The van der Waals surface area contributed by atoms with E-state index in [2.05, 4.69) is 36.4 Å². The van der Waals surface area contributed by atoms with E-state index in [4.69, 9.17) is 4.74 Å². The number of piperazine rings is 1. The molecule has 3 heterocycles. The molecule has 1 aliphatic heterocycles. The summed E-state index contributed by atoms with van der Waals surface area (Å²) in [5.41, 5.74) is 4.14. The van der Waals surface area contributed by atoms with Crippen LogP contribution in [0.1, 0.15) is 28.6 Å². The van der Waals surface area contributed by atoms with Gasteiger partial charge in [-0.05, 0) is 64.2 Å². The van der Waals surface area contributed by atoms with E-state index in [9.17, 15) is 9.18 Å². The highest BCUT2D eigenvalue weighted by molar-refractivity contribution is 5.82. The maximum absolute atomic E-state index is 13.6. The van der Waals surface area contributed by atoms with Gasteiger partial charge in [0.25, 0.3) is 5.56 Å². The average Bonchev–Trinajstić information content (AvgIpc) is 3.43. The number of methoxy groups -OCH3 is 1. The number of aryl methyl sites for hydroxylation is 1. The van der Waals surface area contributed by atoms with E-state index < -0.39 is 6.04 Å². The first-order valence-electron chi connectivity index (χ1n) is 13.3. The molecule has 9 nitrogen and oxygen atoms in total. The monoisotopic (exact) mass is 539 g/mol. The van der Waals surface area contributed by atoms with Crippen LogP contribution in [0.3, 0.4) is 0 Å². The largest absolute Gasteiger partial charge is 0.495 e. The van der Waals surface area contributed by atoms with Gasteiger partial charge in [-0.25, -0.2) is 9.07 Å². The van der Waals surface area contributed by atoms with Crippen LogP contribution in [0.2, 0.25) is 0 Å². The van der Waals surface area contributed by atoms with Gasteiger partial charge in [0, 0.05) is 31.7 Å². The SMILES string of the molecule is COc1ccccc1N1CCN([C@@H](c2cc3cccc(C)c3[nH]c2=O)c2nnnn2Cc2ccc(F)cc2)CC1. The van der Waals surface area contributed by atoms with Gasteiger partial charge in [0.05, 0.1) is 24.9 Å². The molecule has 3 aromatic carbocycles. The quantitative estimate of drug-likeness (QED) is 0.335. The molecule has 0 unspecified atom stereocenters. The standard InChI is InChI=1S/C30H30FN7O2/c1-20-6-5-7-22-18-24(30(39)32-27(20)22)28(29-33-34-35-38(29)19-21-10-12-23(31)13-11-21)37-16-14-36(15-17-37)25-8-3-4-9-26(25)40-2/h3-13,18,28H,14-17,19H2,1-2H3,(H,32,39)/t28-/m0/s1. The molecule has 204 valence electrons. The fraction of sp³-hybridized carbons (Fsp3) is 0.267. The lowest BCUT2D eigenvalue weighted by Gasteiger charge is -2.40. The Kier molecular flexibility index (Phi) is 7.00. The summed E-state index contributed by atoms with van der Waals surface area (Å²) in [5.74, 6) is 1.09. The molecule has 5 aromatic rings. The maximum atomic E-state index is 13.6. The van der Waals surface area contributed by atoms with Gasteiger partial charge >= 0.3 is 0 Å². The van der Waals surface area contributed by atoms with Crippen molar-refractivity contribution >= 4 is 16.6 Å². The Balaban J connectivity index is 1.38. The Morgan fingerprint density at radius 1 is 1.00 bits per heavy atom. The average molecular weight is 540 g/mol. The van der Waals surface area contributed by atoms with E-state index >= 15 is 0 Å². The van der Waals surface area contributed by atoms with Gasteiger partial charge in [0.15, 0.2) is 5.82 Å². The number of fused-ring (bicyclic) bond motifs is 1. The molecule has 0 amide bonds. The number of nitrogens with zero attached hydrogens (tertiary/aromatic N) is 6. The van der Waals surface area contributed by atoms with Gasteiger partial charge in [0.2, 0.25) is 0 Å². The third-order valence-electron chi connectivity index (χ3n) is 7.57. The van der Waals surface area contributed by atoms with Crippen LogP contribution in [-0.2, 0) is 6.54 Å². The van der Waals surface area contributed by atoms with Gasteiger partial charge in [-0.3, -0.25) is 9.69 Å². The minimum atomic E-state index is -0.482. The Hall–Kier alpha value is -4.57. The lowest BCUT2D eigenvalue weighted by molar-refractivity contribution is 0.200. The van der Waals surface area contributed by atoms with Gasteiger partial charge in [-0.2, -0.15) is 0 Å². The lowest BCUT2D eigenvalue weighted by atomic mass is 10.0. The molecule has 1 N–H and O–H groups in total. The van der Waals surface area contributed by atoms with Crippen molar-refractivity contribution in [3.8, 4) is 5.75 Å². The predicted octanol–water partition coefficient (Wildman–Crippen LogP) is 3.93. The predicted molar refractivity (Wildman–Crippen MR) is 151 cm³/mol. The molecule has 0 spiro atoms. The lowest BCUT2D eigenvalue weighted by Crippen LogP contribution is -2.49. The maximum Gasteiger partial charge on any atom is 0.253 e. The van der Waals surface area contributed by atoms with Crippen LogP contribution < -0.4 is 15.2 Å². The number of ether oxygens (including phenoxy) is 1. The number of tetrazole rings is 1. The Morgan fingerprint density at radius 3 is 2.55 bits per heavy atom. The Bertz CT molecular complexity index is 1690. The molecule has 1 atom stereocenters. The normalized spacial score (nSPS) is 14.9. The minimum Gasteiger partial charge on any atom is -0.495 e. The van der Waals surface area contributed by atoms with Crippen molar-refractivity contribution in [2.24, 2.45) is 0 Å². The van der Waals surface area contributed by atoms with Gasteiger partial charge < -0.3 is 14.6 Å². The zero-order chi connectivity index (χ0) is 27.6. The molecular formula is C30H30FN7O2. The zero-order valence-electron chi connectivity index (χ0n) is 22.4. The van der Waals surface area contributed by atoms with Gasteiger partial charge in [-0.1, -0.05) is 42.5 Å². The molecule has 1 saturated heterocycles. The van der Waals surface area contributed by atoms with Crippen LogP contribution in [0.4, 0.5) is 10.1 Å². The number of pyridine rings is 1. The second-order valence-corrected chi connectivity index (χ2v) is 10.0. The summed E-state index contributed by atoms with van der Waals surface area (Å²) in [6, 6.07) is 21.7. The molecule has 2 aromatic heterocycles. The Labute approximate surface area is 230 Å². The van der Waals surface area contributed by atoms with Crippen molar-refractivity contribution < 1.29 is 9.13 Å². The summed E-state index contributed by atoms with van der Waals surface area (Å²) < 4.78 is 20.8. The highest BCUT2D eigenvalue weighted by Gasteiger charge is 2.33. The molecule has 0 bridgehead atoms. The number of aromatic nitrogens is 5. The number of rotatable bonds is 7. The van der Waals surface area contributed by atoms with Crippen molar-refractivity contribution in [1.82, 2.24) is 30.1 Å². The molecular weight excluding hydrogens is 509 g/mol. The van der Waals surface area contributed by atoms with Crippen LogP contribution in [-0.4, -0.2) is 63.4 Å². The number of para-hydroxylation sites is 3. The Morgan fingerprint density at radius 2 is 1.77 bits per heavy atom. The smallest absolute Gasteiger partial charge is 0.253 e. The van der Waals surface area contributed by atoms with Crippen LogP contribution in [0.25, 0.3) is 10.9 Å². The summed E-state index contributed by atoms with van der Waals surface area (Å²) >= 11 is 0. The second kappa shape index (κ2) is 10.9. The minimum absolute atomic E-state index is 0.171. The number of anilines is 1. The van der Waals surface area contributed by atoms with Crippen LogP contribution >= 0.6 is 0 Å². The van der Waals surface area contributed by atoms with Crippen molar-refractivity contribution in [1.29, 1.82) is 0 Å². The van der Waals surface area contributed by atoms with Crippen LogP contribution in [0, 0.1) is 12.7 Å². The zero-order valence-corrected chi connectivity index (χ0v) is 22.4. The topological polar surface area (TPSA) is 92.2 Å². The first kappa shape index (κ1) is 25.7. The summed E-state index contributed by atoms with van der Waals surface area (Å²) in [7, 11) is 1.68. The van der Waals surface area contributed by atoms with E-state index in [0.29, 0.717) is 31.0 Å². The second-order valence-electron chi connectivity index (χ2n) is 10.0. The highest BCUT2D eigenvalue weighted by atomic mass is 19.1. The third-order valence-corrected chi connectivity index (χ3v) is 7.57. The summed E-state index contributed by atoms with van der Waals surface area (Å²) in [6.45, 7) is 5.16. The number of aromatic amines is 1. The van der Waals surface area contributed by atoms with E-state index in [1.165, 1.54) is 12.1 Å². The van der Waals surface area contributed by atoms with E-state index in [-0.39, 0.29) is 11.4 Å². The van der Waals surface area contributed by atoms with Crippen molar-refractivity contribution in [3.63, 3.8) is 0 Å². The van der Waals surface area contributed by atoms with Gasteiger partial charge in [0.1, 0.15) is 17.6 Å². The first-order chi connectivity index (χ1) is 19.5. The van der Waals surface area contributed by atoms with E-state index in [0.717, 1.165) is 46.6 Å². The molecule has 1 aliphatic rings. The molecule has 0 aliphatic carbocycles. The molecule has 10 heteroatoms. The summed E-state index contributed by atoms with van der Waals surface area (Å²) in [5, 5.41) is 13.6. The number of H-pyrrole nitrogens is 1. The van der Waals surface area contributed by atoms with Crippen LogP contribution in [0.15, 0.2) is 77.6 Å². The fourth-order valence-electron chi connectivity index (χ4n) is 5.50. The number of nitrogens with one attached hydrogen (secondary N) is 1. The van der Waals surface area contributed by atoms with Gasteiger partial charge in [-0.15, -0.1) is 5.10 Å². The molecule has 1 fully saturated rings. The number of hydrogen-bond acceptors (Lipinski definition) is 7. The number of benzene rings is 3.